The minimum absolute atomic E-state index is 0.0229. The zero-order chi connectivity index (χ0) is 18.7. The van der Waals surface area contributed by atoms with E-state index in [4.69, 9.17) is 11.6 Å². The maximum Gasteiger partial charge on any atom is 0.227 e. The Morgan fingerprint density at radius 3 is 2.92 bits per heavy atom. The number of hydrogen-bond acceptors (Lipinski definition) is 3. The molecule has 0 radical (unpaired) electrons. The number of carbonyl (C=O) groups is 2. The van der Waals surface area contributed by atoms with Gasteiger partial charge in [0.25, 0.3) is 0 Å². The van der Waals surface area contributed by atoms with Crippen LogP contribution >= 0.6 is 11.6 Å². The highest BCUT2D eigenvalue weighted by Crippen LogP contribution is 2.27. The largest absolute Gasteiger partial charge is 0.354 e. The molecule has 1 aromatic carbocycles. The van der Waals surface area contributed by atoms with E-state index >= 15 is 0 Å². The van der Waals surface area contributed by atoms with Crippen LogP contribution in [0.5, 0.6) is 0 Å². The molecule has 0 bridgehead atoms. The number of piperidine rings is 1. The van der Waals surface area contributed by atoms with Gasteiger partial charge in [0, 0.05) is 42.8 Å². The van der Waals surface area contributed by atoms with Crippen molar-refractivity contribution in [1.82, 2.24) is 10.2 Å². The maximum absolute atomic E-state index is 12.6. The quantitative estimate of drug-likeness (QED) is 0.858. The standard InChI is InChI=1S/C20H28ClN3O2/c1-14-5-4-8-23(12-14)15(2)11-22-20(26)16-9-19(25)24(13-16)18-7-3-6-17(21)10-18/h3,6-7,10,14-16H,4-5,8-9,11-13H2,1-2H3,(H,22,26)/t14-,15+,16+/m1/s1. The van der Waals surface area contributed by atoms with Crippen LogP contribution in [0.4, 0.5) is 5.69 Å². The Balaban J connectivity index is 1.51. The van der Waals surface area contributed by atoms with Crippen LogP contribution in [-0.2, 0) is 9.59 Å². The number of nitrogens with zero attached hydrogens (tertiary/aromatic N) is 2. The third-order valence-corrected chi connectivity index (χ3v) is 5.73. The van der Waals surface area contributed by atoms with Crippen LogP contribution in [0.1, 0.15) is 33.1 Å². The fraction of sp³-hybridized carbons (Fsp3) is 0.600. The molecule has 1 aromatic rings. The average Bonchev–Trinajstić information content (AvgIpc) is 3.01. The highest BCUT2D eigenvalue weighted by molar-refractivity contribution is 6.30. The Bertz CT molecular complexity index is 666. The van der Waals surface area contributed by atoms with Gasteiger partial charge in [-0.05, 0) is 50.4 Å². The Labute approximate surface area is 160 Å². The zero-order valence-corrected chi connectivity index (χ0v) is 16.3. The molecular formula is C20H28ClN3O2. The second kappa shape index (κ2) is 8.40. The number of amides is 2. The van der Waals surface area contributed by atoms with Crippen molar-refractivity contribution in [2.75, 3.05) is 31.1 Å². The minimum Gasteiger partial charge on any atom is -0.354 e. The molecule has 1 N–H and O–H groups in total. The molecular weight excluding hydrogens is 350 g/mol. The van der Waals surface area contributed by atoms with Gasteiger partial charge in [-0.25, -0.2) is 0 Å². The first-order valence-electron chi connectivity index (χ1n) is 9.51. The molecule has 0 aliphatic carbocycles. The summed E-state index contributed by atoms with van der Waals surface area (Å²) in [5, 5.41) is 3.65. The van der Waals surface area contributed by atoms with E-state index in [1.165, 1.54) is 12.8 Å². The highest BCUT2D eigenvalue weighted by atomic mass is 35.5. The second-order valence-corrected chi connectivity index (χ2v) is 8.16. The third kappa shape index (κ3) is 4.57. The van der Waals surface area contributed by atoms with Crippen molar-refractivity contribution in [2.24, 2.45) is 11.8 Å². The maximum atomic E-state index is 12.6. The number of carbonyl (C=O) groups excluding carboxylic acids is 2. The van der Waals surface area contributed by atoms with Crippen molar-refractivity contribution in [3.05, 3.63) is 29.3 Å². The Morgan fingerprint density at radius 1 is 1.38 bits per heavy atom. The molecule has 0 aromatic heterocycles. The monoisotopic (exact) mass is 377 g/mol. The van der Waals surface area contributed by atoms with Crippen LogP contribution in [0.15, 0.2) is 24.3 Å². The highest BCUT2D eigenvalue weighted by Gasteiger charge is 2.35. The van der Waals surface area contributed by atoms with Gasteiger partial charge >= 0.3 is 0 Å². The second-order valence-electron chi connectivity index (χ2n) is 7.72. The molecule has 3 rings (SSSR count). The van der Waals surface area contributed by atoms with Crippen molar-refractivity contribution in [1.29, 1.82) is 0 Å². The van der Waals surface area contributed by atoms with E-state index in [1.807, 2.05) is 12.1 Å². The number of nitrogens with one attached hydrogen (secondary N) is 1. The van der Waals surface area contributed by atoms with Gasteiger partial charge in [0.1, 0.15) is 0 Å². The van der Waals surface area contributed by atoms with Crippen molar-refractivity contribution in [2.45, 2.75) is 39.2 Å². The molecule has 0 spiro atoms. The van der Waals surface area contributed by atoms with Gasteiger partial charge in [-0.2, -0.15) is 0 Å². The van der Waals surface area contributed by atoms with E-state index in [-0.39, 0.29) is 24.2 Å². The number of rotatable bonds is 5. The summed E-state index contributed by atoms with van der Waals surface area (Å²) < 4.78 is 0. The number of hydrogen-bond donors (Lipinski definition) is 1. The van der Waals surface area contributed by atoms with Crippen LogP contribution in [0, 0.1) is 11.8 Å². The molecule has 2 amide bonds. The summed E-state index contributed by atoms with van der Waals surface area (Å²) in [6.45, 7) is 7.70. The number of anilines is 1. The lowest BCUT2D eigenvalue weighted by Crippen LogP contribution is -2.47. The van der Waals surface area contributed by atoms with E-state index in [0.717, 1.165) is 24.7 Å². The predicted molar refractivity (Wildman–Crippen MR) is 104 cm³/mol. The number of benzene rings is 1. The summed E-state index contributed by atoms with van der Waals surface area (Å²) in [6, 6.07) is 7.53. The first kappa shape index (κ1) is 19.2. The SMILES string of the molecule is C[C@@H]1CCCN([C@@H](C)CNC(=O)[C@H]2CC(=O)N(c3cccc(Cl)c3)C2)C1. The lowest BCUT2D eigenvalue weighted by Gasteiger charge is -2.35. The molecule has 2 aliphatic rings. The molecule has 26 heavy (non-hydrogen) atoms. The smallest absolute Gasteiger partial charge is 0.227 e. The van der Waals surface area contributed by atoms with E-state index in [2.05, 4.69) is 24.1 Å². The van der Waals surface area contributed by atoms with Crippen molar-refractivity contribution in [3.63, 3.8) is 0 Å². The van der Waals surface area contributed by atoms with Gasteiger partial charge in [-0.15, -0.1) is 0 Å². The van der Waals surface area contributed by atoms with Gasteiger partial charge in [0.05, 0.1) is 5.92 Å². The zero-order valence-electron chi connectivity index (χ0n) is 15.6. The molecule has 5 nitrogen and oxygen atoms in total. The first-order valence-corrected chi connectivity index (χ1v) is 9.89. The van der Waals surface area contributed by atoms with Crippen molar-refractivity contribution in [3.8, 4) is 0 Å². The number of likely N-dealkylation sites (tertiary alicyclic amines) is 1. The molecule has 3 atom stereocenters. The van der Waals surface area contributed by atoms with Crippen LogP contribution in [-0.4, -0.2) is 48.9 Å². The summed E-state index contributed by atoms with van der Waals surface area (Å²) in [5.41, 5.74) is 0.758. The van der Waals surface area contributed by atoms with E-state index in [9.17, 15) is 9.59 Å². The summed E-state index contributed by atoms with van der Waals surface area (Å²) in [7, 11) is 0. The molecule has 2 fully saturated rings. The van der Waals surface area contributed by atoms with Crippen molar-refractivity contribution >= 4 is 29.1 Å². The molecule has 6 heteroatoms. The van der Waals surface area contributed by atoms with Crippen LogP contribution in [0.3, 0.4) is 0 Å². The van der Waals surface area contributed by atoms with E-state index < -0.39 is 0 Å². The summed E-state index contributed by atoms with van der Waals surface area (Å²) >= 11 is 6.02. The van der Waals surface area contributed by atoms with Crippen LogP contribution < -0.4 is 10.2 Å². The number of halogens is 1. The van der Waals surface area contributed by atoms with E-state index in [1.54, 1.807) is 17.0 Å². The molecule has 0 saturated carbocycles. The average molecular weight is 378 g/mol. The molecule has 2 saturated heterocycles. The first-order chi connectivity index (χ1) is 12.4. The Kier molecular flexibility index (Phi) is 6.20. The summed E-state index contributed by atoms with van der Waals surface area (Å²) in [4.78, 5) is 29.0. The van der Waals surface area contributed by atoms with Gasteiger partial charge in [-0.3, -0.25) is 14.5 Å². The van der Waals surface area contributed by atoms with Crippen LogP contribution in [0.2, 0.25) is 5.02 Å². The lowest BCUT2D eigenvalue weighted by atomic mass is 9.99. The topological polar surface area (TPSA) is 52.7 Å². The summed E-state index contributed by atoms with van der Waals surface area (Å²) in [6.07, 6.45) is 2.78. The molecule has 0 unspecified atom stereocenters. The predicted octanol–water partition coefficient (Wildman–Crippen LogP) is 2.93. The van der Waals surface area contributed by atoms with Crippen LogP contribution in [0.25, 0.3) is 0 Å². The lowest BCUT2D eigenvalue weighted by molar-refractivity contribution is -0.126. The molecule has 2 aliphatic heterocycles. The van der Waals surface area contributed by atoms with Gasteiger partial charge in [-0.1, -0.05) is 24.6 Å². The fourth-order valence-corrected chi connectivity index (χ4v) is 4.11. The van der Waals surface area contributed by atoms with Gasteiger partial charge < -0.3 is 10.2 Å². The van der Waals surface area contributed by atoms with E-state index in [0.29, 0.717) is 24.2 Å². The summed E-state index contributed by atoms with van der Waals surface area (Å²) in [5.74, 6) is 0.375. The third-order valence-electron chi connectivity index (χ3n) is 5.50. The molecule has 142 valence electrons. The van der Waals surface area contributed by atoms with Crippen molar-refractivity contribution < 1.29 is 9.59 Å². The van der Waals surface area contributed by atoms with Gasteiger partial charge in [0.2, 0.25) is 11.8 Å². The van der Waals surface area contributed by atoms with Gasteiger partial charge in [0.15, 0.2) is 0 Å². The Morgan fingerprint density at radius 2 is 2.19 bits per heavy atom. The minimum atomic E-state index is -0.297. The fourth-order valence-electron chi connectivity index (χ4n) is 3.92. The molecule has 2 heterocycles. The normalized spacial score (nSPS) is 25.3. The Hall–Kier alpha value is -1.59.